The number of hydrogen-bond donors (Lipinski definition) is 1. The van der Waals surface area contributed by atoms with Crippen LogP contribution in [0.4, 0.5) is 5.82 Å². The highest BCUT2D eigenvalue weighted by Crippen LogP contribution is 2.32. The molecule has 0 unspecified atom stereocenters. The number of halogens is 2. The van der Waals surface area contributed by atoms with E-state index >= 15 is 0 Å². The Morgan fingerprint density at radius 3 is 2.59 bits per heavy atom. The molecule has 3 aromatic rings. The van der Waals surface area contributed by atoms with Crippen LogP contribution in [0.3, 0.4) is 0 Å². The molecule has 0 saturated heterocycles. The Balaban J connectivity index is 1.83. The van der Waals surface area contributed by atoms with Crippen molar-refractivity contribution in [2.24, 2.45) is 0 Å². The molecule has 3 rings (SSSR count). The van der Waals surface area contributed by atoms with Crippen LogP contribution in [0.25, 0.3) is 10.9 Å². The Morgan fingerprint density at radius 2 is 1.91 bits per heavy atom. The van der Waals surface area contributed by atoms with E-state index in [1.54, 1.807) is 13.2 Å². The summed E-state index contributed by atoms with van der Waals surface area (Å²) in [5, 5.41) is 4.81. The van der Waals surface area contributed by atoms with Gasteiger partial charge in [0.1, 0.15) is 11.6 Å². The number of carbonyl (C=O) groups is 1. The van der Waals surface area contributed by atoms with Gasteiger partial charge in [0.2, 0.25) is 5.91 Å². The number of aromatic nitrogens is 2. The van der Waals surface area contributed by atoms with Gasteiger partial charge in [-0.25, -0.2) is 9.97 Å². The molecule has 0 bridgehead atoms. The lowest BCUT2D eigenvalue weighted by atomic mass is 10.1. The summed E-state index contributed by atoms with van der Waals surface area (Å²) in [6.45, 7) is 5.49. The number of fused-ring (bicyclic) bond motifs is 1. The van der Waals surface area contributed by atoms with Gasteiger partial charge in [0.25, 0.3) is 0 Å². The van der Waals surface area contributed by atoms with Gasteiger partial charge in [-0.3, -0.25) is 4.79 Å². The number of amides is 1. The summed E-state index contributed by atoms with van der Waals surface area (Å²) in [5.41, 5.74) is 1.72. The molecule has 0 spiro atoms. The van der Waals surface area contributed by atoms with Crippen molar-refractivity contribution < 1.29 is 9.53 Å². The Labute approximate surface area is 198 Å². The zero-order valence-electron chi connectivity index (χ0n) is 18.6. The Kier molecular flexibility index (Phi) is 8.67. The minimum absolute atomic E-state index is 0.0334. The van der Waals surface area contributed by atoms with Crippen molar-refractivity contribution in [3.05, 3.63) is 63.9 Å². The van der Waals surface area contributed by atoms with Gasteiger partial charge < -0.3 is 15.0 Å². The van der Waals surface area contributed by atoms with E-state index in [-0.39, 0.29) is 11.9 Å². The fourth-order valence-corrected chi connectivity index (χ4v) is 4.02. The van der Waals surface area contributed by atoms with E-state index in [4.69, 9.17) is 32.9 Å². The van der Waals surface area contributed by atoms with Crippen LogP contribution in [0.2, 0.25) is 10.0 Å². The van der Waals surface area contributed by atoms with Crippen LogP contribution in [-0.2, 0) is 16.0 Å². The molecule has 1 N–H and O–H groups in total. The van der Waals surface area contributed by atoms with Crippen molar-refractivity contribution in [3.8, 4) is 0 Å². The number of hydrogen-bond acceptors (Lipinski definition) is 5. The smallest absolute Gasteiger partial charge is 0.222 e. The molecule has 1 aromatic heterocycles. The molecule has 1 amide bonds. The molecule has 6 nitrogen and oxygen atoms in total. The van der Waals surface area contributed by atoms with Gasteiger partial charge >= 0.3 is 0 Å². The number of nitrogens with zero attached hydrogens (tertiary/aromatic N) is 3. The van der Waals surface area contributed by atoms with Crippen LogP contribution in [0.5, 0.6) is 0 Å². The standard InChI is InChI=1S/C24H28Cl2N4O2/c1-4-21-28-23-19(14-18(25)15-20(23)26)24(29-21)30(12-13-32-3)11-10-22(31)27-16(2)17-8-6-5-7-9-17/h5-9,14-16H,4,10-13H2,1-3H3,(H,27,31)/t16-/m1/s1. The Morgan fingerprint density at radius 1 is 1.16 bits per heavy atom. The summed E-state index contributed by atoms with van der Waals surface area (Å²) < 4.78 is 5.30. The molecule has 170 valence electrons. The number of aryl methyl sites for hydroxylation is 1. The largest absolute Gasteiger partial charge is 0.383 e. The second-order valence-electron chi connectivity index (χ2n) is 7.53. The second-order valence-corrected chi connectivity index (χ2v) is 8.37. The van der Waals surface area contributed by atoms with Gasteiger partial charge in [-0.15, -0.1) is 0 Å². The summed E-state index contributed by atoms with van der Waals surface area (Å²) in [6, 6.07) is 13.3. The van der Waals surface area contributed by atoms with Gasteiger partial charge in [-0.05, 0) is 24.6 Å². The maximum Gasteiger partial charge on any atom is 0.222 e. The predicted octanol–water partition coefficient (Wildman–Crippen LogP) is 5.22. The molecule has 2 aromatic carbocycles. The minimum Gasteiger partial charge on any atom is -0.383 e. The van der Waals surface area contributed by atoms with Crippen LogP contribution in [0.1, 0.15) is 37.7 Å². The number of anilines is 1. The highest BCUT2D eigenvalue weighted by Gasteiger charge is 2.18. The monoisotopic (exact) mass is 474 g/mol. The van der Waals surface area contributed by atoms with Crippen molar-refractivity contribution in [2.45, 2.75) is 32.7 Å². The highest BCUT2D eigenvalue weighted by atomic mass is 35.5. The number of rotatable bonds is 10. The molecular weight excluding hydrogens is 447 g/mol. The maximum absolute atomic E-state index is 12.7. The maximum atomic E-state index is 12.7. The molecule has 32 heavy (non-hydrogen) atoms. The average Bonchev–Trinajstić information content (AvgIpc) is 2.79. The number of nitrogens with one attached hydrogen (secondary N) is 1. The lowest BCUT2D eigenvalue weighted by molar-refractivity contribution is -0.121. The summed E-state index contributed by atoms with van der Waals surface area (Å²) in [4.78, 5) is 24.1. The molecule has 1 atom stereocenters. The van der Waals surface area contributed by atoms with Gasteiger partial charge in [-0.1, -0.05) is 60.5 Å². The molecular formula is C24H28Cl2N4O2. The first-order valence-corrected chi connectivity index (χ1v) is 11.4. The van der Waals surface area contributed by atoms with E-state index < -0.39 is 0 Å². The SMILES string of the molecule is CCc1nc(N(CCOC)CCC(=O)N[C@H](C)c2ccccc2)c2cc(Cl)cc(Cl)c2n1. The van der Waals surface area contributed by atoms with Crippen molar-refractivity contribution >= 4 is 45.8 Å². The van der Waals surface area contributed by atoms with Crippen LogP contribution in [0.15, 0.2) is 42.5 Å². The van der Waals surface area contributed by atoms with Crippen LogP contribution in [0, 0.1) is 0 Å². The third-order valence-corrected chi connectivity index (χ3v) is 5.72. The molecule has 0 aliphatic rings. The molecule has 8 heteroatoms. The highest BCUT2D eigenvalue weighted by molar-refractivity contribution is 6.38. The molecule has 0 saturated carbocycles. The molecule has 0 aliphatic carbocycles. The van der Waals surface area contributed by atoms with E-state index in [1.807, 2.05) is 55.1 Å². The van der Waals surface area contributed by atoms with Gasteiger partial charge in [0.15, 0.2) is 0 Å². The van der Waals surface area contributed by atoms with Crippen LogP contribution >= 0.6 is 23.2 Å². The zero-order valence-corrected chi connectivity index (χ0v) is 20.1. The van der Waals surface area contributed by atoms with E-state index in [2.05, 4.69) is 10.3 Å². The Hall–Kier alpha value is -2.41. The first kappa shape index (κ1) is 24.2. The third-order valence-electron chi connectivity index (χ3n) is 5.21. The Bertz CT molecular complexity index is 1060. The van der Waals surface area contributed by atoms with Gasteiger partial charge in [0.05, 0.1) is 23.2 Å². The fraction of sp³-hybridized carbons (Fsp3) is 0.375. The predicted molar refractivity (Wildman–Crippen MR) is 131 cm³/mol. The van der Waals surface area contributed by atoms with Crippen molar-refractivity contribution in [1.82, 2.24) is 15.3 Å². The number of methoxy groups -OCH3 is 1. The van der Waals surface area contributed by atoms with Crippen LogP contribution < -0.4 is 10.2 Å². The van der Waals surface area contributed by atoms with E-state index in [0.717, 1.165) is 10.9 Å². The quantitative estimate of drug-likeness (QED) is 0.436. The molecule has 1 heterocycles. The number of carbonyl (C=O) groups excluding carboxylic acids is 1. The van der Waals surface area contributed by atoms with E-state index in [1.165, 1.54) is 0 Å². The third kappa shape index (κ3) is 6.09. The van der Waals surface area contributed by atoms with E-state index in [9.17, 15) is 4.79 Å². The minimum atomic E-state index is -0.0692. The first-order valence-electron chi connectivity index (χ1n) is 10.7. The molecule has 0 radical (unpaired) electrons. The topological polar surface area (TPSA) is 67.4 Å². The lowest BCUT2D eigenvalue weighted by Gasteiger charge is -2.25. The zero-order chi connectivity index (χ0) is 23.1. The normalized spacial score (nSPS) is 12.0. The summed E-state index contributed by atoms with van der Waals surface area (Å²) >= 11 is 12.7. The van der Waals surface area contributed by atoms with Crippen molar-refractivity contribution in [2.75, 3.05) is 31.7 Å². The van der Waals surface area contributed by atoms with E-state index in [0.29, 0.717) is 59.7 Å². The van der Waals surface area contributed by atoms with Crippen molar-refractivity contribution in [3.63, 3.8) is 0 Å². The molecule has 0 aliphatic heterocycles. The number of ether oxygens (including phenoxy) is 1. The average molecular weight is 475 g/mol. The molecule has 0 fully saturated rings. The van der Waals surface area contributed by atoms with Gasteiger partial charge in [0, 0.05) is 43.4 Å². The first-order chi connectivity index (χ1) is 15.4. The summed E-state index contributed by atoms with van der Waals surface area (Å²) in [5.74, 6) is 1.35. The van der Waals surface area contributed by atoms with Crippen LogP contribution in [-0.4, -0.2) is 42.7 Å². The fourth-order valence-electron chi connectivity index (χ4n) is 3.49. The summed E-state index contributed by atoms with van der Waals surface area (Å²) in [7, 11) is 1.65. The van der Waals surface area contributed by atoms with Crippen molar-refractivity contribution in [1.29, 1.82) is 0 Å². The number of benzene rings is 2. The lowest BCUT2D eigenvalue weighted by Crippen LogP contribution is -2.34. The van der Waals surface area contributed by atoms with Gasteiger partial charge in [-0.2, -0.15) is 0 Å². The summed E-state index contributed by atoms with van der Waals surface area (Å²) in [6.07, 6.45) is 0.969. The second kappa shape index (κ2) is 11.5.